The third-order valence-corrected chi connectivity index (χ3v) is 10.9. The minimum atomic E-state index is -1.23. The van der Waals surface area contributed by atoms with E-state index in [9.17, 15) is 9.59 Å². The third-order valence-electron chi connectivity index (χ3n) is 8.25. The lowest BCUT2D eigenvalue weighted by Gasteiger charge is -2.42. The van der Waals surface area contributed by atoms with E-state index in [0.717, 1.165) is 22.4 Å². The Morgan fingerprint density at radius 2 is 1.74 bits per heavy atom. The van der Waals surface area contributed by atoms with Crippen LogP contribution in [0.25, 0.3) is 0 Å². The quantitative estimate of drug-likeness (QED) is 0.290. The minimum absolute atomic E-state index is 0.0868. The summed E-state index contributed by atoms with van der Waals surface area (Å²) in [4.78, 5) is 35.5. The normalized spacial score (nSPS) is 26.5. The molecular weight excluding hydrogens is 547 g/mol. The van der Waals surface area contributed by atoms with Crippen molar-refractivity contribution in [2.24, 2.45) is 0 Å². The number of rotatable bonds is 5. The zero-order valence-corrected chi connectivity index (χ0v) is 23.6. The van der Waals surface area contributed by atoms with E-state index in [-0.39, 0.29) is 24.3 Å². The molecule has 7 rings (SSSR count). The van der Waals surface area contributed by atoms with Gasteiger partial charge in [0.2, 0.25) is 5.91 Å². The van der Waals surface area contributed by atoms with Crippen LogP contribution in [0.5, 0.6) is 0 Å². The first kappa shape index (κ1) is 24.8. The van der Waals surface area contributed by atoms with Crippen molar-refractivity contribution in [3.8, 4) is 0 Å². The van der Waals surface area contributed by atoms with Crippen LogP contribution in [-0.2, 0) is 28.2 Å². The molecule has 0 bridgehead atoms. The lowest BCUT2D eigenvalue weighted by atomic mass is 9.72. The summed E-state index contributed by atoms with van der Waals surface area (Å²) < 4.78 is 4.89. The maximum absolute atomic E-state index is 15.0. The Balaban J connectivity index is 1.43. The second-order valence-electron chi connectivity index (χ2n) is 10.2. The molecule has 6 nitrogen and oxygen atoms in total. The lowest BCUT2D eigenvalue weighted by Crippen LogP contribution is -2.62. The van der Waals surface area contributed by atoms with E-state index < -0.39 is 10.3 Å². The number of thiophene rings is 1. The first-order valence-electron chi connectivity index (χ1n) is 12.7. The Hall–Kier alpha value is -3.24. The molecule has 3 atom stereocenters. The van der Waals surface area contributed by atoms with Gasteiger partial charge in [-0.1, -0.05) is 72.5 Å². The highest BCUT2D eigenvalue weighted by molar-refractivity contribution is 8.25. The molecule has 0 saturated carbocycles. The Morgan fingerprint density at radius 1 is 0.949 bits per heavy atom. The van der Waals surface area contributed by atoms with Crippen LogP contribution in [0.1, 0.15) is 28.4 Å². The summed E-state index contributed by atoms with van der Waals surface area (Å²) in [6.45, 7) is 1.20. The summed E-state index contributed by atoms with van der Waals surface area (Å²) in [6, 6.07) is 23.6. The Labute approximate surface area is 240 Å². The van der Waals surface area contributed by atoms with E-state index in [1.54, 1.807) is 28.6 Å². The number of fused-ring (bicyclic) bond motifs is 3. The monoisotopic (exact) mass is 571 g/mol. The topological polar surface area (TPSA) is 57.0 Å². The summed E-state index contributed by atoms with van der Waals surface area (Å²) in [7, 11) is 1.97. The van der Waals surface area contributed by atoms with Crippen LogP contribution < -0.4 is 4.90 Å². The molecule has 2 amide bonds. The number of hydrogen-bond acceptors (Lipinski definition) is 7. The SMILES string of the molecule is CN1CC(c2ccsc2)C2(SC(=S)N(Cc3ccco3)C2=O)C12C(=O)N(Cc1ccccc1)c1ccccc12. The van der Waals surface area contributed by atoms with Gasteiger partial charge in [0.1, 0.15) is 14.8 Å². The fourth-order valence-electron chi connectivity index (χ4n) is 6.64. The molecule has 2 aromatic heterocycles. The summed E-state index contributed by atoms with van der Waals surface area (Å²) in [5.41, 5.74) is 2.55. The highest BCUT2D eigenvalue weighted by Gasteiger charge is 2.78. The third kappa shape index (κ3) is 3.34. The number of hydrogen-bond donors (Lipinski definition) is 0. The number of furan rings is 1. The first-order chi connectivity index (χ1) is 19.0. The average Bonchev–Trinajstić information content (AvgIpc) is 3.77. The highest BCUT2D eigenvalue weighted by Crippen LogP contribution is 2.67. The standard InChI is InChI=1S/C30H25N3O3S3/c1-31-18-24(21-13-15-38-19-21)30(27(35)33(28(37)39-30)17-22-10-7-14-36-22)29(31)23-11-5-6-12-25(23)32(26(29)34)16-20-8-3-2-4-9-20/h2-15,19,24H,16-18H2,1H3. The van der Waals surface area contributed by atoms with Crippen LogP contribution in [0.15, 0.2) is 94.2 Å². The average molecular weight is 572 g/mol. The maximum Gasteiger partial charge on any atom is 0.254 e. The Morgan fingerprint density at radius 3 is 2.49 bits per heavy atom. The zero-order chi connectivity index (χ0) is 26.8. The highest BCUT2D eigenvalue weighted by atomic mass is 32.2. The molecule has 5 heterocycles. The molecule has 0 radical (unpaired) electrons. The number of likely N-dealkylation sites (tertiary alicyclic amines) is 1. The molecule has 3 aliphatic rings. The molecule has 196 valence electrons. The van der Waals surface area contributed by atoms with Crippen molar-refractivity contribution in [2.45, 2.75) is 29.3 Å². The molecule has 39 heavy (non-hydrogen) atoms. The molecule has 0 N–H and O–H groups in total. The van der Waals surface area contributed by atoms with Crippen molar-refractivity contribution >= 4 is 57.1 Å². The van der Waals surface area contributed by atoms with Gasteiger partial charge >= 0.3 is 0 Å². The van der Waals surface area contributed by atoms with Gasteiger partial charge in [-0.3, -0.25) is 19.4 Å². The largest absolute Gasteiger partial charge is 0.467 e. The van der Waals surface area contributed by atoms with Crippen molar-refractivity contribution in [2.75, 3.05) is 18.5 Å². The minimum Gasteiger partial charge on any atom is -0.467 e. The maximum atomic E-state index is 15.0. The number of thioether (sulfide) groups is 1. The molecule has 9 heteroatoms. The molecule has 3 aliphatic heterocycles. The number of para-hydroxylation sites is 1. The van der Waals surface area contributed by atoms with Crippen LogP contribution >= 0.6 is 35.3 Å². The predicted molar refractivity (Wildman–Crippen MR) is 158 cm³/mol. The Kier molecular flexibility index (Phi) is 5.82. The van der Waals surface area contributed by atoms with E-state index in [1.165, 1.54) is 11.8 Å². The van der Waals surface area contributed by atoms with Crippen molar-refractivity contribution in [3.63, 3.8) is 0 Å². The van der Waals surface area contributed by atoms with Crippen LogP contribution in [0.3, 0.4) is 0 Å². The number of carbonyl (C=O) groups excluding carboxylic acids is 2. The fraction of sp³-hybridized carbons (Fsp3) is 0.233. The van der Waals surface area contributed by atoms with Gasteiger partial charge in [-0.05, 0) is 53.2 Å². The van der Waals surface area contributed by atoms with Gasteiger partial charge < -0.3 is 9.32 Å². The number of carbonyl (C=O) groups is 2. The molecule has 4 aromatic rings. The molecule has 2 aromatic carbocycles. The second-order valence-corrected chi connectivity index (χ2v) is 12.8. The van der Waals surface area contributed by atoms with Gasteiger partial charge in [0.15, 0.2) is 5.54 Å². The Bertz CT molecular complexity index is 1570. The number of thiocarbonyl (C=S) groups is 1. The van der Waals surface area contributed by atoms with Gasteiger partial charge in [0.05, 0.1) is 19.4 Å². The number of amides is 2. The first-order valence-corrected chi connectivity index (χ1v) is 14.9. The predicted octanol–water partition coefficient (Wildman–Crippen LogP) is 5.61. The van der Waals surface area contributed by atoms with E-state index in [2.05, 4.69) is 16.3 Å². The number of benzene rings is 2. The summed E-state index contributed by atoms with van der Waals surface area (Å²) in [6.07, 6.45) is 1.60. The van der Waals surface area contributed by atoms with Crippen LogP contribution in [0.2, 0.25) is 0 Å². The van der Waals surface area contributed by atoms with Crippen LogP contribution in [0.4, 0.5) is 5.69 Å². The summed E-state index contributed by atoms with van der Waals surface area (Å²) in [5.74, 6) is 0.189. The fourth-order valence-corrected chi connectivity index (χ4v) is 9.48. The smallest absolute Gasteiger partial charge is 0.254 e. The van der Waals surface area contributed by atoms with Crippen molar-refractivity contribution in [3.05, 3.63) is 112 Å². The van der Waals surface area contributed by atoms with Gasteiger partial charge in [-0.2, -0.15) is 11.3 Å². The zero-order valence-electron chi connectivity index (χ0n) is 21.2. The van der Waals surface area contributed by atoms with E-state index in [0.29, 0.717) is 23.2 Å². The molecule has 3 unspecified atom stereocenters. The van der Waals surface area contributed by atoms with Gasteiger partial charge in [-0.25, -0.2) is 0 Å². The van der Waals surface area contributed by atoms with E-state index >= 15 is 0 Å². The van der Waals surface area contributed by atoms with Crippen LogP contribution in [0, 0.1) is 0 Å². The lowest BCUT2D eigenvalue weighted by molar-refractivity contribution is -0.139. The van der Waals surface area contributed by atoms with Gasteiger partial charge in [0, 0.05) is 23.7 Å². The molecule has 2 saturated heterocycles. The number of likely N-dealkylation sites (N-methyl/N-ethyl adjacent to an activating group) is 1. The van der Waals surface area contributed by atoms with Gasteiger partial charge in [0.25, 0.3) is 5.91 Å². The van der Waals surface area contributed by atoms with Crippen LogP contribution in [-0.4, -0.2) is 44.3 Å². The summed E-state index contributed by atoms with van der Waals surface area (Å²) >= 11 is 8.87. The number of anilines is 1. The van der Waals surface area contributed by atoms with E-state index in [1.807, 2.05) is 78.0 Å². The molecule has 2 spiro atoms. The summed E-state index contributed by atoms with van der Waals surface area (Å²) in [5, 5.41) is 4.13. The van der Waals surface area contributed by atoms with Crippen molar-refractivity contribution < 1.29 is 14.0 Å². The number of nitrogens with zero attached hydrogens (tertiary/aromatic N) is 3. The molecule has 0 aliphatic carbocycles. The van der Waals surface area contributed by atoms with Crippen molar-refractivity contribution in [1.29, 1.82) is 0 Å². The molecule has 2 fully saturated rings. The van der Waals surface area contributed by atoms with E-state index in [4.69, 9.17) is 16.6 Å². The van der Waals surface area contributed by atoms with Gasteiger partial charge in [-0.15, -0.1) is 0 Å². The second kappa shape index (κ2) is 9.16. The molecular formula is C30H25N3O3S3. The van der Waals surface area contributed by atoms with Crippen molar-refractivity contribution in [1.82, 2.24) is 9.80 Å².